The molecule has 4 amide bonds. The largest absolute Gasteiger partial charge is 0.309 e. The molecule has 0 unspecified atom stereocenters. The molecule has 10 rings (SSSR count). The topological polar surface area (TPSA) is 79.7 Å². The van der Waals surface area contributed by atoms with Crippen LogP contribution in [0.15, 0.2) is 127 Å². The second-order valence-electron chi connectivity index (χ2n) is 16.0. The molecule has 8 aromatic rings. The molecule has 3 heterocycles. The van der Waals surface area contributed by atoms with Gasteiger partial charge in [-0.1, -0.05) is 90.0 Å². The highest BCUT2D eigenvalue weighted by Gasteiger charge is 2.41. The Bertz CT molecular complexity index is 2970. The van der Waals surface area contributed by atoms with E-state index in [1.54, 1.807) is 12.1 Å². The highest BCUT2D eigenvalue weighted by atomic mass is 16.2. The predicted octanol–water partition coefficient (Wildman–Crippen LogP) is 11.6. The molecule has 7 nitrogen and oxygen atoms in total. The number of rotatable bonds is 5. The Morgan fingerprint density at radius 3 is 1.17 bits per heavy atom. The summed E-state index contributed by atoms with van der Waals surface area (Å²) in [6, 6.07) is 41.4. The molecule has 0 saturated heterocycles. The molecule has 286 valence electrons. The zero-order valence-electron chi connectivity index (χ0n) is 33.6. The molecule has 59 heavy (non-hydrogen) atoms. The summed E-state index contributed by atoms with van der Waals surface area (Å²) in [5, 5.41) is 1.87. The van der Waals surface area contributed by atoms with Crippen LogP contribution in [0, 0.1) is 41.5 Å². The molecule has 2 aliphatic rings. The Kier molecular flexibility index (Phi) is 7.98. The maximum atomic E-state index is 14.4. The number of carbonyl (C=O) groups excluding carboxylic acids is 4. The number of carbonyl (C=O) groups is 4. The van der Waals surface area contributed by atoms with Crippen LogP contribution in [-0.4, -0.2) is 28.2 Å². The highest BCUT2D eigenvalue weighted by Crippen LogP contribution is 2.43. The third-order valence-corrected chi connectivity index (χ3v) is 11.9. The molecule has 0 bridgehead atoms. The van der Waals surface area contributed by atoms with Gasteiger partial charge in [0.25, 0.3) is 23.6 Å². The van der Waals surface area contributed by atoms with Gasteiger partial charge in [0.1, 0.15) is 0 Å². The lowest BCUT2D eigenvalue weighted by Gasteiger charge is -2.20. The van der Waals surface area contributed by atoms with E-state index in [4.69, 9.17) is 0 Å². The van der Waals surface area contributed by atoms with Gasteiger partial charge in [-0.25, -0.2) is 9.80 Å². The van der Waals surface area contributed by atoms with Gasteiger partial charge in [-0.05, 0) is 135 Å². The lowest BCUT2D eigenvalue weighted by atomic mass is 9.94. The monoisotopic (exact) mass is 769 g/mol. The summed E-state index contributed by atoms with van der Waals surface area (Å²) in [5.74, 6) is -1.34. The van der Waals surface area contributed by atoms with E-state index in [1.807, 2.05) is 120 Å². The average Bonchev–Trinajstić information content (AvgIpc) is 3.77. The van der Waals surface area contributed by atoms with Crippen LogP contribution in [0.1, 0.15) is 74.8 Å². The van der Waals surface area contributed by atoms with Gasteiger partial charge in [-0.3, -0.25) is 19.2 Å². The van der Waals surface area contributed by atoms with Crippen molar-refractivity contribution in [3.8, 4) is 27.9 Å². The van der Waals surface area contributed by atoms with Crippen molar-refractivity contribution in [2.45, 2.75) is 41.5 Å². The summed E-state index contributed by atoms with van der Waals surface area (Å²) in [4.78, 5) is 59.5. The van der Waals surface area contributed by atoms with Gasteiger partial charge in [-0.2, -0.15) is 0 Å². The van der Waals surface area contributed by atoms with E-state index >= 15 is 0 Å². The van der Waals surface area contributed by atoms with Crippen molar-refractivity contribution in [2.24, 2.45) is 0 Å². The van der Waals surface area contributed by atoms with Gasteiger partial charge in [0.2, 0.25) is 0 Å². The van der Waals surface area contributed by atoms with Crippen molar-refractivity contribution in [1.82, 2.24) is 4.57 Å². The van der Waals surface area contributed by atoms with E-state index in [-0.39, 0.29) is 23.6 Å². The third-order valence-electron chi connectivity index (χ3n) is 11.9. The summed E-state index contributed by atoms with van der Waals surface area (Å²) in [6.07, 6.45) is 0. The van der Waals surface area contributed by atoms with Crippen LogP contribution >= 0.6 is 0 Å². The van der Waals surface area contributed by atoms with Crippen molar-refractivity contribution in [3.05, 3.63) is 183 Å². The molecule has 1 aromatic heterocycles. The van der Waals surface area contributed by atoms with Crippen molar-refractivity contribution in [2.75, 3.05) is 9.80 Å². The molecule has 0 spiro atoms. The first-order valence-corrected chi connectivity index (χ1v) is 19.8. The number of amides is 4. The fraction of sp³-hybridized carbons (Fsp3) is 0.115. The van der Waals surface area contributed by atoms with Crippen molar-refractivity contribution < 1.29 is 19.2 Å². The first-order valence-electron chi connectivity index (χ1n) is 19.8. The Hall–Kier alpha value is -7.38. The number of benzene rings is 7. The molecule has 0 N–H and O–H groups in total. The first kappa shape index (κ1) is 36.0. The first-order chi connectivity index (χ1) is 28.4. The standard InChI is InChI=1S/C52H39N3O4/c1-28-22-30(3)47(31(4)23-28)54-49(56)39-16-10-14-37(45(39)51(54)58)34-18-20-43-41(26-34)42-27-35(19-21-44(42)53(43)36-12-8-7-9-13-36)38-15-11-17-40-46(38)52(59)55(50(40)57)48-32(5)24-29(2)25-33(48)6/h7-27H,1-6H3. The number of imide groups is 2. The molecule has 7 heteroatoms. The van der Waals surface area contributed by atoms with E-state index < -0.39 is 0 Å². The number of para-hydroxylation sites is 1. The predicted molar refractivity (Wildman–Crippen MR) is 235 cm³/mol. The van der Waals surface area contributed by atoms with Crippen molar-refractivity contribution in [3.63, 3.8) is 0 Å². The van der Waals surface area contributed by atoms with Gasteiger partial charge >= 0.3 is 0 Å². The molecule has 7 aromatic carbocycles. The number of hydrogen-bond donors (Lipinski definition) is 0. The van der Waals surface area contributed by atoms with Gasteiger partial charge in [0.05, 0.1) is 44.7 Å². The molecule has 0 saturated carbocycles. The molecule has 0 atom stereocenters. The van der Waals surface area contributed by atoms with E-state index in [9.17, 15) is 19.2 Å². The minimum absolute atomic E-state index is 0.331. The maximum absolute atomic E-state index is 14.4. The molecular weight excluding hydrogens is 731 g/mol. The summed E-state index contributed by atoms with van der Waals surface area (Å²) in [6.45, 7) is 11.8. The zero-order chi connectivity index (χ0) is 41.0. The number of hydrogen-bond acceptors (Lipinski definition) is 4. The fourth-order valence-corrected chi connectivity index (χ4v) is 9.72. The van der Waals surface area contributed by atoms with Crippen LogP contribution in [-0.2, 0) is 0 Å². The Labute approximate surface area is 341 Å². The molecule has 0 fully saturated rings. The average molecular weight is 770 g/mol. The third kappa shape index (κ3) is 5.27. The van der Waals surface area contributed by atoms with Gasteiger partial charge in [0.15, 0.2) is 0 Å². The molecule has 0 radical (unpaired) electrons. The normalized spacial score (nSPS) is 13.7. The van der Waals surface area contributed by atoms with E-state index in [2.05, 4.69) is 41.0 Å². The molecular formula is C52H39N3O4. The van der Waals surface area contributed by atoms with E-state index in [0.29, 0.717) is 44.8 Å². The second-order valence-corrected chi connectivity index (χ2v) is 16.0. The van der Waals surface area contributed by atoms with Crippen molar-refractivity contribution >= 4 is 56.8 Å². The summed E-state index contributed by atoms with van der Waals surface area (Å²) in [5.41, 5.74) is 14.2. The van der Waals surface area contributed by atoms with Crippen LogP contribution in [0.5, 0.6) is 0 Å². The van der Waals surface area contributed by atoms with Gasteiger partial charge in [-0.15, -0.1) is 0 Å². The van der Waals surface area contributed by atoms with E-state index in [1.165, 1.54) is 9.80 Å². The van der Waals surface area contributed by atoms with Crippen molar-refractivity contribution in [1.29, 1.82) is 0 Å². The SMILES string of the molecule is Cc1cc(C)c(N2C(=O)c3cccc(-c4ccc5c(c4)c4cc(-c6cccc7c6C(=O)N(c6c(C)cc(C)cc6C)C7=O)ccc4n5-c4ccccc4)c3C2=O)c(C)c1. The summed E-state index contributed by atoms with van der Waals surface area (Å²) >= 11 is 0. The van der Waals surface area contributed by atoms with Crippen LogP contribution < -0.4 is 9.80 Å². The van der Waals surface area contributed by atoms with Crippen LogP contribution in [0.4, 0.5) is 11.4 Å². The van der Waals surface area contributed by atoms with Gasteiger partial charge < -0.3 is 4.57 Å². The highest BCUT2D eigenvalue weighted by molar-refractivity contribution is 6.37. The second kappa shape index (κ2) is 13.1. The minimum atomic E-state index is -0.341. The Morgan fingerprint density at radius 1 is 0.373 bits per heavy atom. The fourth-order valence-electron chi connectivity index (χ4n) is 9.72. The van der Waals surface area contributed by atoms with Gasteiger partial charge in [0, 0.05) is 16.5 Å². The Morgan fingerprint density at radius 2 is 0.763 bits per heavy atom. The summed E-state index contributed by atoms with van der Waals surface area (Å²) in [7, 11) is 0. The number of aromatic nitrogens is 1. The number of aryl methyl sites for hydroxylation is 6. The Balaban J connectivity index is 1.15. The zero-order valence-corrected chi connectivity index (χ0v) is 33.6. The van der Waals surface area contributed by atoms with Crippen LogP contribution in [0.2, 0.25) is 0 Å². The number of fused-ring (bicyclic) bond motifs is 5. The van der Waals surface area contributed by atoms with Crippen LogP contribution in [0.25, 0.3) is 49.7 Å². The number of nitrogens with zero attached hydrogens (tertiary/aromatic N) is 3. The summed E-state index contributed by atoms with van der Waals surface area (Å²) < 4.78 is 2.21. The minimum Gasteiger partial charge on any atom is -0.309 e. The lowest BCUT2D eigenvalue weighted by molar-refractivity contribution is 0.0910. The quantitative estimate of drug-likeness (QED) is 0.163. The molecule has 0 aliphatic carbocycles. The smallest absolute Gasteiger partial charge is 0.266 e. The van der Waals surface area contributed by atoms with Crippen LogP contribution in [0.3, 0.4) is 0 Å². The van der Waals surface area contributed by atoms with E-state index in [0.717, 1.165) is 72.0 Å². The lowest BCUT2D eigenvalue weighted by Crippen LogP contribution is -2.31. The molecule has 2 aliphatic heterocycles. The maximum Gasteiger partial charge on any atom is 0.266 e. The number of anilines is 2.